The number of ether oxygens (including phenoxy) is 1. The molecule has 0 fully saturated rings. The number of nitrogens with zero attached hydrogens (tertiary/aromatic N) is 1. The first-order chi connectivity index (χ1) is 9.21. The minimum atomic E-state index is 0.675. The summed E-state index contributed by atoms with van der Waals surface area (Å²) in [5.74, 6) is 0.919. The number of nitrogens with one attached hydrogen (secondary N) is 1. The highest BCUT2D eigenvalue weighted by molar-refractivity contribution is 6.30. The van der Waals surface area contributed by atoms with Gasteiger partial charge in [0.2, 0.25) is 0 Å². The van der Waals surface area contributed by atoms with Gasteiger partial charge in [0.1, 0.15) is 5.75 Å². The minimum Gasteiger partial charge on any atom is -0.494 e. The average molecular weight is 285 g/mol. The van der Waals surface area contributed by atoms with E-state index in [2.05, 4.69) is 24.1 Å². The van der Waals surface area contributed by atoms with Crippen LogP contribution in [0.1, 0.15) is 26.3 Å². The molecule has 3 nitrogen and oxygen atoms in total. The fourth-order valence-corrected chi connectivity index (χ4v) is 2.18. The number of benzene rings is 1. The Bertz CT molecular complexity index is 367. The predicted molar refractivity (Wildman–Crippen MR) is 82.1 cm³/mol. The number of likely N-dealkylation sites (N-methyl/N-ethyl adjacent to an activating group) is 1. The van der Waals surface area contributed by atoms with Crippen molar-refractivity contribution in [2.24, 2.45) is 0 Å². The van der Waals surface area contributed by atoms with Gasteiger partial charge in [-0.25, -0.2) is 0 Å². The molecule has 0 aromatic heterocycles. The van der Waals surface area contributed by atoms with Crippen LogP contribution in [0.5, 0.6) is 5.75 Å². The van der Waals surface area contributed by atoms with Gasteiger partial charge in [0, 0.05) is 30.2 Å². The lowest BCUT2D eigenvalue weighted by Gasteiger charge is -2.18. The van der Waals surface area contributed by atoms with E-state index in [9.17, 15) is 0 Å². The van der Waals surface area contributed by atoms with Crippen molar-refractivity contribution in [1.82, 2.24) is 10.2 Å². The van der Waals surface area contributed by atoms with Gasteiger partial charge in [-0.1, -0.05) is 25.4 Å². The Hall–Kier alpha value is -0.770. The van der Waals surface area contributed by atoms with Gasteiger partial charge in [0.15, 0.2) is 0 Å². The molecule has 19 heavy (non-hydrogen) atoms. The van der Waals surface area contributed by atoms with Crippen LogP contribution < -0.4 is 10.1 Å². The van der Waals surface area contributed by atoms with Crippen LogP contribution in [0, 0.1) is 0 Å². The lowest BCUT2D eigenvalue weighted by atomic mass is 10.2. The summed E-state index contributed by atoms with van der Waals surface area (Å²) in [6, 6.07) is 5.77. The molecular formula is C15H25ClN2O. The van der Waals surface area contributed by atoms with E-state index in [0.717, 1.165) is 49.1 Å². The van der Waals surface area contributed by atoms with Crippen molar-refractivity contribution < 1.29 is 4.74 Å². The first kappa shape index (κ1) is 16.3. The molecule has 0 saturated heterocycles. The largest absolute Gasteiger partial charge is 0.494 e. The molecule has 1 rings (SSSR count). The maximum absolute atomic E-state index is 6.03. The Labute approximate surface area is 121 Å². The zero-order chi connectivity index (χ0) is 14.1. The first-order valence-corrected chi connectivity index (χ1v) is 7.43. The van der Waals surface area contributed by atoms with E-state index in [4.69, 9.17) is 16.3 Å². The summed E-state index contributed by atoms with van der Waals surface area (Å²) in [4.78, 5) is 2.40. The lowest BCUT2D eigenvalue weighted by molar-refractivity contribution is 0.301. The van der Waals surface area contributed by atoms with Crippen LogP contribution in [0.2, 0.25) is 5.02 Å². The highest BCUT2D eigenvalue weighted by Gasteiger charge is 2.04. The normalized spacial score (nSPS) is 11.0. The molecular weight excluding hydrogens is 260 g/mol. The maximum Gasteiger partial charge on any atom is 0.123 e. The molecule has 0 atom stereocenters. The molecule has 1 aromatic carbocycles. The van der Waals surface area contributed by atoms with E-state index in [0.29, 0.717) is 6.61 Å². The molecule has 0 bridgehead atoms. The first-order valence-electron chi connectivity index (χ1n) is 7.05. The molecule has 0 aliphatic rings. The fourth-order valence-electron chi connectivity index (χ4n) is 1.98. The van der Waals surface area contributed by atoms with Crippen molar-refractivity contribution >= 4 is 11.6 Å². The topological polar surface area (TPSA) is 24.5 Å². The van der Waals surface area contributed by atoms with Gasteiger partial charge in [0.25, 0.3) is 0 Å². The van der Waals surface area contributed by atoms with Gasteiger partial charge in [0.05, 0.1) is 6.61 Å². The molecule has 1 N–H and O–H groups in total. The highest BCUT2D eigenvalue weighted by Crippen LogP contribution is 2.22. The van der Waals surface area contributed by atoms with E-state index in [-0.39, 0.29) is 0 Å². The molecule has 4 heteroatoms. The Morgan fingerprint density at radius 2 is 1.95 bits per heavy atom. The third-order valence-corrected chi connectivity index (χ3v) is 3.37. The molecule has 0 spiro atoms. The zero-order valence-electron chi connectivity index (χ0n) is 12.2. The van der Waals surface area contributed by atoms with Gasteiger partial charge in [-0.05, 0) is 38.2 Å². The number of rotatable bonds is 9. The second kappa shape index (κ2) is 9.18. The van der Waals surface area contributed by atoms with Crippen LogP contribution >= 0.6 is 11.6 Å². The van der Waals surface area contributed by atoms with Crippen molar-refractivity contribution in [2.45, 2.75) is 27.3 Å². The van der Waals surface area contributed by atoms with Crippen LogP contribution in [0.4, 0.5) is 0 Å². The summed E-state index contributed by atoms with van der Waals surface area (Å²) in [6.45, 7) is 12.1. The monoisotopic (exact) mass is 284 g/mol. The Kier molecular flexibility index (Phi) is 7.87. The Morgan fingerprint density at radius 3 is 2.58 bits per heavy atom. The van der Waals surface area contributed by atoms with Gasteiger partial charge >= 0.3 is 0 Å². The van der Waals surface area contributed by atoms with Gasteiger partial charge < -0.3 is 15.0 Å². The van der Waals surface area contributed by atoms with Crippen molar-refractivity contribution in [3.8, 4) is 5.75 Å². The number of hydrogen-bond acceptors (Lipinski definition) is 3. The molecule has 0 amide bonds. The standard InChI is InChI=1S/C15H25ClN2O/c1-4-18(5-2)10-9-17-12-13-11-14(16)7-8-15(13)19-6-3/h7-8,11,17H,4-6,9-10,12H2,1-3H3. The van der Waals surface area contributed by atoms with Crippen molar-refractivity contribution in [1.29, 1.82) is 0 Å². The smallest absolute Gasteiger partial charge is 0.123 e. The summed E-state index contributed by atoms with van der Waals surface area (Å²) < 4.78 is 5.60. The molecule has 0 aliphatic heterocycles. The van der Waals surface area contributed by atoms with E-state index >= 15 is 0 Å². The quantitative estimate of drug-likeness (QED) is 0.705. The zero-order valence-corrected chi connectivity index (χ0v) is 13.0. The van der Waals surface area contributed by atoms with Gasteiger partial charge in [-0.15, -0.1) is 0 Å². The van der Waals surface area contributed by atoms with Crippen molar-refractivity contribution in [2.75, 3.05) is 32.8 Å². The molecule has 0 aliphatic carbocycles. The van der Waals surface area contributed by atoms with Crippen LogP contribution in [-0.2, 0) is 6.54 Å². The summed E-state index contributed by atoms with van der Waals surface area (Å²) >= 11 is 6.03. The fraction of sp³-hybridized carbons (Fsp3) is 0.600. The Morgan fingerprint density at radius 1 is 1.21 bits per heavy atom. The molecule has 108 valence electrons. The SMILES string of the molecule is CCOc1ccc(Cl)cc1CNCCN(CC)CC. The summed E-state index contributed by atoms with van der Waals surface area (Å²) in [5.41, 5.74) is 1.12. The van der Waals surface area contributed by atoms with Gasteiger partial charge in [-0.2, -0.15) is 0 Å². The number of hydrogen-bond donors (Lipinski definition) is 1. The summed E-state index contributed by atoms with van der Waals surface area (Å²) in [6.07, 6.45) is 0. The predicted octanol–water partition coefficient (Wildman–Crippen LogP) is 3.17. The minimum absolute atomic E-state index is 0.675. The van der Waals surface area contributed by atoms with E-state index in [1.165, 1.54) is 0 Å². The van der Waals surface area contributed by atoms with Crippen LogP contribution in [0.25, 0.3) is 0 Å². The van der Waals surface area contributed by atoms with Crippen molar-refractivity contribution in [3.05, 3.63) is 28.8 Å². The van der Waals surface area contributed by atoms with E-state index in [1.807, 2.05) is 25.1 Å². The lowest BCUT2D eigenvalue weighted by Crippen LogP contribution is -2.31. The van der Waals surface area contributed by atoms with Gasteiger partial charge in [-0.3, -0.25) is 0 Å². The maximum atomic E-state index is 6.03. The number of halogens is 1. The third-order valence-electron chi connectivity index (χ3n) is 3.14. The molecule has 0 saturated carbocycles. The van der Waals surface area contributed by atoms with Crippen LogP contribution in [-0.4, -0.2) is 37.7 Å². The van der Waals surface area contributed by atoms with Crippen LogP contribution in [0.3, 0.4) is 0 Å². The Balaban J connectivity index is 2.45. The third kappa shape index (κ3) is 5.81. The second-order valence-electron chi connectivity index (χ2n) is 4.39. The second-order valence-corrected chi connectivity index (χ2v) is 4.83. The summed E-state index contributed by atoms with van der Waals surface area (Å²) in [5, 5.41) is 4.20. The molecule has 0 unspecified atom stereocenters. The molecule has 0 heterocycles. The molecule has 0 radical (unpaired) electrons. The average Bonchev–Trinajstić information content (AvgIpc) is 2.42. The van der Waals surface area contributed by atoms with Crippen molar-refractivity contribution in [3.63, 3.8) is 0 Å². The van der Waals surface area contributed by atoms with E-state index < -0.39 is 0 Å². The summed E-state index contributed by atoms with van der Waals surface area (Å²) in [7, 11) is 0. The molecule has 1 aromatic rings. The highest BCUT2D eigenvalue weighted by atomic mass is 35.5. The van der Waals surface area contributed by atoms with E-state index in [1.54, 1.807) is 0 Å². The van der Waals surface area contributed by atoms with Crippen LogP contribution in [0.15, 0.2) is 18.2 Å².